The monoisotopic (exact) mass is 300 g/mol. The van der Waals surface area contributed by atoms with Gasteiger partial charge in [0, 0.05) is 0 Å². The molecular formula is C16H16N2O4. The zero-order chi connectivity index (χ0) is 16.1. The number of nitrogens with one attached hydrogen (secondary N) is 1. The van der Waals surface area contributed by atoms with Crippen molar-refractivity contribution in [2.24, 2.45) is 5.73 Å². The van der Waals surface area contributed by atoms with Gasteiger partial charge in [0.15, 0.2) is 6.10 Å². The number of hydrogen-bond acceptors (Lipinski definition) is 4. The zero-order valence-electron chi connectivity index (χ0n) is 12.0. The SMILES string of the molecule is C[C@@H](OC(=O)Cc1cccc2ccccc12)C(=O)NC(N)=O. The first-order chi connectivity index (χ1) is 10.5. The highest BCUT2D eigenvalue weighted by Crippen LogP contribution is 2.19. The molecule has 0 aliphatic heterocycles. The number of carbonyl (C=O) groups excluding carboxylic acids is 3. The van der Waals surface area contributed by atoms with Gasteiger partial charge in [0.05, 0.1) is 6.42 Å². The first-order valence-electron chi connectivity index (χ1n) is 6.74. The minimum Gasteiger partial charge on any atom is -0.452 e. The van der Waals surface area contributed by atoms with E-state index in [4.69, 9.17) is 10.5 Å². The third-order valence-electron chi connectivity index (χ3n) is 3.14. The van der Waals surface area contributed by atoms with Crippen molar-refractivity contribution in [1.29, 1.82) is 0 Å². The lowest BCUT2D eigenvalue weighted by molar-refractivity contribution is -0.153. The number of nitrogens with two attached hydrogens (primary N) is 1. The van der Waals surface area contributed by atoms with E-state index in [0.29, 0.717) is 0 Å². The van der Waals surface area contributed by atoms with Gasteiger partial charge in [0.2, 0.25) is 0 Å². The molecule has 6 nitrogen and oxygen atoms in total. The third kappa shape index (κ3) is 3.82. The Balaban J connectivity index is 2.05. The van der Waals surface area contributed by atoms with Gasteiger partial charge >= 0.3 is 12.0 Å². The summed E-state index contributed by atoms with van der Waals surface area (Å²) in [5.41, 5.74) is 5.65. The molecular weight excluding hydrogens is 284 g/mol. The lowest BCUT2D eigenvalue weighted by atomic mass is 10.0. The van der Waals surface area contributed by atoms with E-state index in [0.717, 1.165) is 16.3 Å². The Morgan fingerprint density at radius 2 is 1.82 bits per heavy atom. The minimum atomic E-state index is -1.09. The van der Waals surface area contributed by atoms with Gasteiger partial charge in [-0.15, -0.1) is 0 Å². The number of fused-ring (bicyclic) bond motifs is 1. The molecule has 6 heteroatoms. The quantitative estimate of drug-likeness (QED) is 0.836. The predicted molar refractivity (Wildman–Crippen MR) is 80.9 cm³/mol. The molecule has 114 valence electrons. The molecule has 3 N–H and O–H groups in total. The Hall–Kier alpha value is -2.89. The first kappa shape index (κ1) is 15.5. The molecule has 0 saturated carbocycles. The second kappa shape index (κ2) is 6.71. The van der Waals surface area contributed by atoms with Gasteiger partial charge in [0.1, 0.15) is 0 Å². The van der Waals surface area contributed by atoms with Crippen molar-refractivity contribution in [2.75, 3.05) is 0 Å². The van der Waals surface area contributed by atoms with Crippen LogP contribution in [-0.4, -0.2) is 24.0 Å². The Morgan fingerprint density at radius 3 is 2.55 bits per heavy atom. The number of amides is 3. The highest BCUT2D eigenvalue weighted by molar-refractivity contribution is 5.96. The van der Waals surface area contributed by atoms with Crippen molar-refractivity contribution in [1.82, 2.24) is 5.32 Å². The van der Waals surface area contributed by atoms with E-state index in [-0.39, 0.29) is 6.42 Å². The van der Waals surface area contributed by atoms with Crippen molar-refractivity contribution >= 4 is 28.7 Å². The largest absolute Gasteiger partial charge is 0.452 e. The molecule has 0 aliphatic carbocycles. The van der Waals surface area contributed by atoms with Crippen LogP contribution in [0, 0.1) is 0 Å². The van der Waals surface area contributed by atoms with E-state index in [1.54, 1.807) is 0 Å². The molecule has 0 aliphatic rings. The molecule has 0 bridgehead atoms. The maximum Gasteiger partial charge on any atom is 0.318 e. The lowest BCUT2D eigenvalue weighted by Gasteiger charge is -2.12. The molecule has 0 unspecified atom stereocenters. The summed E-state index contributed by atoms with van der Waals surface area (Å²) in [6, 6.07) is 12.3. The second-order valence-corrected chi connectivity index (χ2v) is 4.80. The number of urea groups is 1. The lowest BCUT2D eigenvalue weighted by Crippen LogP contribution is -2.42. The van der Waals surface area contributed by atoms with Gasteiger partial charge in [-0.2, -0.15) is 0 Å². The molecule has 0 radical (unpaired) electrons. The van der Waals surface area contributed by atoms with Crippen LogP contribution in [0.15, 0.2) is 42.5 Å². The molecule has 0 fully saturated rings. The van der Waals surface area contributed by atoms with Gasteiger partial charge in [-0.3, -0.25) is 14.9 Å². The Kier molecular flexibility index (Phi) is 4.73. The number of benzene rings is 2. The van der Waals surface area contributed by atoms with E-state index >= 15 is 0 Å². The van der Waals surface area contributed by atoms with Crippen LogP contribution in [0.2, 0.25) is 0 Å². The Bertz CT molecular complexity index is 722. The smallest absolute Gasteiger partial charge is 0.318 e. The fourth-order valence-corrected chi connectivity index (χ4v) is 2.12. The number of esters is 1. The van der Waals surface area contributed by atoms with Gasteiger partial charge in [-0.1, -0.05) is 42.5 Å². The number of carbonyl (C=O) groups is 3. The summed E-state index contributed by atoms with van der Waals surface area (Å²) in [6.45, 7) is 1.37. The summed E-state index contributed by atoms with van der Waals surface area (Å²) < 4.78 is 5.01. The van der Waals surface area contributed by atoms with Crippen LogP contribution in [0.3, 0.4) is 0 Å². The molecule has 1 atom stereocenters. The maximum absolute atomic E-state index is 11.9. The Morgan fingerprint density at radius 1 is 1.14 bits per heavy atom. The molecule has 0 heterocycles. The summed E-state index contributed by atoms with van der Waals surface area (Å²) in [7, 11) is 0. The van der Waals surface area contributed by atoms with Crippen LogP contribution in [0.1, 0.15) is 12.5 Å². The van der Waals surface area contributed by atoms with E-state index in [9.17, 15) is 14.4 Å². The number of primary amides is 1. The van der Waals surface area contributed by atoms with E-state index in [2.05, 4.69) is 0 Å². The van der Waals surface area contributed by atoms with Gasteiger partial charge in [-0.25, -0.2) is 4.79 Å². The van der Waals surface area contributed by atoms with Gasteiger partial charge < -0.3 is 10.5 Å². The average molecular weight is 300 g/mol. The number of imide groups is 1. The van der Waals surface area contributed by atoms with E-state index in [1.165, 1.54) is 6.92 Å². The van der Waals surface area contributed by atoms with Gasteiger partial charge in [-0.05, 0) is 23.3 Å². The fraction of sp³-hybridized carbons (Fsp3) is 0.188. The molecule has 0 aromatic heterocycles. The molecule has 2 aromatic carbocycles. The summed E-state index contributed by atoms with van der Waals surface area (Å²) in [5, 5.41) is 3.84. The third-order valence-corrected chi connectivity index (χ3v) is 3.14. The zero-order valence-corrected chi connectivity index (χ0v) is 12.0. The molecule has 2 rings (SSSR count). The minimum absolute atomic E-state index is 0.0372. The summed E-state index contributed by atoms with van der Waals surface area (Å²) in [5.74, 6) is -1.30. The number of ether oxygens (including phenoxy) is 1. The number of hydrogen-bond donors (Lipinski definition) is 2. The van der Waals surface area contributed by atoms with Crippen molar-refractivity contribution in [2.45, 2.75) is 19.4 Å². The molecule has 2 aromatic rings. The van der Waals surface area contributed by atoms with Crippen LogP contribution in [0.5, 0.6) is 0 Å². The maximum atomic E-state index is 11.9. The van der Waals surface area contributed by atoms with E-state index in [1.807, 2.05) is 47.8 Å². The first-order valence-corrected chi connectivity index (χ1v) is 6.74. The van der Waals surface area contributed by atoms with Crippen molar-refractivity contribution in [3.05, 3.63) is 48.0 Å². The van der Waals surface area contributed by atoms with Crippen LogP contribution < -0.4 is 11.1 Å². The van der Waals surface area contributed by atoms with Crippen molar-refractivity contribution in [3.63, 3.8) is 0 Å². The Labute approximate surface area is 127 Å². The van der Waals surface area contributed by atoms with Crippen LogP contribution in [-0.2, 0) is 20.7 Å². The van der Waals surface area contributed by atoms with Crippen LogP contribution >= 0.6 is 0 Å². The van der Waals surface area contributed by atoms with Gasteiger partial charge in [0.25, 0.3) is 5.91 Å². The highest BCUT2D eigenvalue weighted by atomic mass is 16.5. The summed E-state index contributed by atoms with van der Waals surface area (Å²) in [6.07, 6.45) is -1.05. The molecule has 0 spiro atoms. The number of rotatable bonds is 4. The van der Waals surface area contributed by atoms with Crippen molar-refractivity contribution < 1.29 is 19.1 Å². The second-order valence-electron chi connectivity index (χ2n) is 4.80. The molecule has 22 heavy (non-hydrogen) atoms. The molecule has 3 amide bonds. The summed E-state index contributed by atoms with van der Waals surface area (Å²) >= 11 is 0. The fourth-order valence-electron chi connectivity index (χ4n) is 2.12. The van der Waals surface area contributed by atoms with Crippen LogP contribution in [0.4, 0.5) is 4.79 Å². The predicted octanol–water partition coefficient (Wildman–Crippen LogP) is 1.51. The normalized spacial score (nSPS) is 11.7. The van der Waals surface area contributed by atoms with Crippen molar-refractivity contribution in [3.8, 4) is 0 Å². The van der Waals surface area contributed by atoms with Crippen LogP contribution in [0.25, 0.3) is 10.8 Å². The standard InChI is InChI=1S/C16H16N2O4/c1-10(15(20)18-16(17)21)22-14(19)9-12-7-4-6-11-5-2-3-8-13(11)12/h2-8,10H,9H2,1H3,(H3,17,18,20,21)/t10-/m1/s1. The topological polar surface area (TPSA) is 98.5 Å². The summed E-state index contributed by atoms with van der Waals surface area (Å²) in [4.78, 5) is 34.0. The highest BCUT2D eigenvalue weighted by Gasteiger charge is 2.19. The molecule has 0 saturated heterocycles. The average Bonchev–Trinajstić information content (AvgIpc) is 2.46. The van der Waals surface area contributed by atoms with E-state index < -0.39 is 24.0 Å².